The Hall–Kier alpha value is -3.25. The number of benzene rings is 2. The number of likely N-dealkylation sites (N-methyl/N-ethyl adjacent to an activating group) is 1. The smallest absolute Gasteiger partial charge is 0.254 e. The molecule has 4 rings (SSSR count). The van der Waals surface area contributed by atoms with E-state index in [1.54, 1.807) is 16.7 Å². The number of para-hydroxylation sites is 1. The van der Waals surface area contributed by atoms with Gasteiger partial charge in [-0.1, -0.05) is 36.4 Å². The van der Waals surface area contributed by atoms with Crippen LogP contribution in [-0.4, -0.2) is 40.4 Å². The van der Waals surface area contributed by atoms with Crippen LogP contribution >= 0.6 is 11.8 Å². The average Bonchev–Trinajstić information content (AvgIpc) is 3.21. The van der Waals surface area contributed by atoms with Gasteiger partial charge in [0.2, 0.25) is 0 Å². The third kappa shape index (κ3) is 5.09. The van der Waals surface area contributed by atoms with Gasteiger partial charge in [-0.15, -0.1) is 11.8 Å². The van der Waals surface area contributed by atoms with E-state index >= 15 is 0 Å². The van der Waals surface area contributed by atoms with Crippen molar-refractivity contribution in [2.75, 3.05) is 20.2 Å². The Bertz CT molecular complexity index is 1160. The number of rotatable bonds is 8. The summed E-state index contributed by atoms with van der Waals surface area (Å²) in [5, 5.41) is 0. The summed E-state index contributed by atoms with van der Waals surface area (Å²) in [5.74, 6) is 1.55. The molecule has 0 radical (unpaired) electrons. The van der Waals surface area contributed by atoms with E-state index in [0.29, 0.717) is 24.5 Å². The van der Waals surface area contributed by atoms with Gasteiger partial charge in [0, 0.05) is 30.1 Å². The summed E-state index contributed by atoms with van der Waals surface area (Å²) in [7, 11) is 1.81. The number of ether oxygens (including phenoxy) is 1. The maximum Gasteiger partial charge on any atom is 0.254 e. The SMILES string of the molecule is Cc1ccccc1OCCN(C)C(=O)c1ccccc1SCc1cn2ccccc2n1. The number of hydrogen-bond acceptors (Lipinski definition) is 4. The van der Waals surface area contributed by atoms with E-state index in [9.17, 15) is 4.79 Å². The van der Waals surface area contributed by atoms with Gasteiger partial charge in [-0.3, -0.25) is 4.79 Å². The molecular weight excluding hydrogens is 406 g/mol. The first-order chi connectivity index (χ1) is 15.1. The lowest BCUT2D eigenvalue weighted by atomic mass is 10.2. The van der Waals surface area contributed by atoms with Crippen LogP contribution in [-0.2, 0) is 5.75 Å². The molecule has 0 aliphatic heterocycles. The molecule has 0 spiro atoms. The highest BCUT2D eigenvalue weighted by atomic mass is 32.2. The Morgan fingerprint density at radius 3 is 2.68 bits per heavy atom. The molecule has 0 atom stereocenters. The number of carbonyl (C=O) groups excluding carboxylic acids is 1. The molecule has 0 bridgehead atoms. The third-order valence-corrected chi connectivity index (χ3v) is 6.14. The van der Waals surface area contributed by atoms with Crippen LogP contribution in [0.2, 0.25) is 0 Å². The topological polar surface area (TPSA) is 46.8 Å². The number of pyridine rings is 1. The second-order valence-corrected chi connectivity index (χ2v) is 8.34. The van der Waals surface area contributed by atoms with Crippen LogP contribution in [0.25, 0.3) is 5.65 Å². The largest absolute Gasteiger partial charge is 0.491 e. The predicted molar refractivity (Wildman–Crippen MR) is 125 cm³/mol. The molecule has 5 nitrogen and oxygen atoms in total. The number of thioether (sulfide) groups is 1. The minimum atomic E-state index is -0.00788. The van der Waals surface area contributed by atoms with Gasteiger partial charge >= 0.3 is 0 Å². The van der Waals surface area contributed by atoms with Crippen LogP contribution in [0.5, 0.6) is 5.75 Å². The number of aromatic nitrogens is 2. The van der Waals surface area contributed by atoms with Crippen molar-refractivity contribution in [3.05, 3.63) is 95.9 Å². The van der Waals surface area contributed by atoms with E-state index in [0.717, 1.165) is 27.5 Å². The summed E-state index contributed by atoms with van der Waals surface area (Å²) in [6, 6.07) is 21.6. The maximum absolute atomic E-state index is 13.1. The van der Waals surface area contributed by atoms with E-state index in [4.69, 9.17) is 4.74 Å². The van der Waals surface area contributed by atoms with E-state index in [-0.39, 0.29) is 5.91 Å². The molecule has 31 heavy (non-hydrogen) atoms. The number of hydrogen-bond donors (Lipinski definition) is 0. The van der Waals surface area contributed by atoms with Crippen LogP contribution in [0.3, 0.4) is 0 Å². The van der Waals surface area contributed by atoms with Crippen molar-refractivity contribution in [2.24, 2.45) is 0 Å². The molecule has 2 aromatic heterocycles. The van der Waals surface area contributed by atoms with Gasteiger partial charge < -0.3 is 14.0 Å². The highest BCUT2D eigenvalue weighted by Gasteiger charge is 2.16. The minimum absolute atomic E-state index is 0.00788. The lowest BCUT2D eigenvalue weighted by Crippen LogP contribution is -2.31. The first kappa shape index (κ1) is 21.0. The lowest BCUT2D eigenvalue weighted by Gasteiger charge is -2.19. The number of amides is 1. The molecule has 0 saturated carbocycles. The summed E-state index contributed by atoms with van der Waals surface area (Å²) in [4.78, 5) is 20.4. The Morgan fingerprint density at radius 2 is 1.84 bits per heavy atom. The van der Waals surface area contributed by atoms with E-state index in [1.807, 2.05) is 97.5 Å². The van der Waals surface area contributed by atoms with Gasteiger partial charge in [0.05, 0.1) is 17.8 Å². The molecule has 0 aliphatic carbocycles. The van der Waals surface area contributed by atoms with Crippen molar-refractivity contribution < 1.29 is 9.53 Å². The van der Waals surface area contributed by atoms with Crippen molar-refractivity contribution in [2.45, 2.75) is 17.6 Å². The lowest BCUT2D eigenvalue weighted by molar-refractivity contribution is 0.0770. The van der Waals surface area contributed by atoms with Gasteiger partial charge in [-0.25, -0.2) is 4.98 Å². The molecule has 0 fully saturated rings. The number of carbonyl (C=O) groups is 1. The first-order valence-corrected chi connectivity index (χ1v) is 11.2. The molecule has 0 N–H and O–H groups in total. The highest BCUT2D eigenvalue weighted by Crippen LogP contribution is 2.27. The monoisotopic (exact) mass is 431 g/mol. The van der Waals surface area contributed by atoms with Crippen molar-refractivity contribution in [1.29, 1.82) is 0 Å². The summed E-state index contributed by atoms with van der Waals surface area (Å²) in [5.41, 5.74) is 3.70. The summed E-state index contributed by atoms with van der Waals surface area (Å²) >= 11 is 1.63. The summed E-state index contributed by atoms with van der Waals surface area (Å²) < 4.78 is 7.86. The number of aryl methyl sites for hydroxylation is 1. The minimum Gasteiger partial charge on any atom is -0.491 e. The molecule has 0 unspecified atom stereocenters. The van der Waals surface area contributed by atoms with Crippen molar-refractivity contribution in [3.8, 4) is 5.75 Å². The van der Waals surface area contributed by atoms with Crippen LogP contribution in [0.4, 0.5) is 0 Å². The standard InChI is InChI=1S/C25H25N3O2S/c1-19-9-3-5-11-22(19)30-16-15-27(2)25(29)21-10-4-6-12-23(21)31-18-20-17-28-14-8-7-13-24(28)26-20/h3-14,17H,15-16,18H2,1-2H3. The Morgan fingerprint density at radius 1 is 1.06 bits per heavy atom. The van der Waals surface area contributed by atoms with Gasteiger partial charge in [0.15, 0.2) is 0 Å². The van der Waals surface area contributed by atoms with Gasteiger partial charge in [0.1, 0.15) is 18.0 Å². The molecule has 2 heterocycles. The fourth-order valence-corrected chi connectivity index (χ4v) is 4.22. The highest BCUT2D eigenvalue weighted by molar-refractivity contribution is 7.98. The van der Waals surface area contributed by atoms with Crippen LogP contribution in [0.1, 0.15) is 21.6 Å². The second kappa shape index (κ2) is 9.71. The van der Waals surface area contributed by atoms with Crippen molar-refractivity contribution in [3.63, 3.8) is 0 Å². The number of imidazole rings is 1. The Balaban J connectivity index is 1.38. The zero-order valence-corrected chi connectivity index (χ0v) is 18.5. The summed E-state index contributed by atoms with van der Waals surface area (Å²) in [6.45, 7) is 2.98. The van der Waals surface area contributed by atoms with Crippen LogP contribution in [0.15, 0.2) is 84.0 Å². The molecular formula is C25H25N3O2S. The predicted octanol–water partition coefficient (Wildman–Crippen LogP) is 5.09. The Labute approximate surface area is 186 Å². The average molecular weight is 432 g/mol. The molecule has 4 aromatic rings. The van der Waals surface area contributed by atoms with E-state index in [1.165, 1.54) is 0 Å². The van der Waals surface area contributed by atoms with E-state index in [2.05, 4.69) is 4.98 Å². The third-order valence-electron chi connectivity index (χ3n) is 5.03. The van der Waals surface area contributed by atoms with Crippen molar-refractivity contribution >= 4 is 23.3 Å². The molecule has 158 valence electrons. The zero-order valence-electron chi connectivity index (χ0n) is 17.7. The fourth-order valence-electron chi connectivity index (χ4n) is 3.30. The normalized spacial score (nSPS) is 10.9. The van der Waals surface area contributed by atoms with Gasteiger partial charge in [0.25, 0.3) is 5.91 Å². The van der Waals surface area contributed by atoms with Crippen LogP contribution in [0, 0.1) is 6.92 Å². The van der Waals surface area contributed by atoms with E-state index < -0.39 is 0 Å². The fraction of sp³-hybridized carbons (Fsp3) is 0.200. The first-order valence-electron chi connectivity index (χ1n) is 10.2. The second-order valence-electron chi connectivity index (χ2n) is 7.32. The summed E-state index contributed by atoms with van der Waals surface area (Å²) in [6.07, 6.45) is 4.02. The maximum atomic E-state index is 13.1. The molecule has 2 aromatic carbocycles. The van der Waals surface area contributed by atoms with Gasteiger partial charge in [-0.05, 0) is 42.8 Å². The molecule has 0 aliphatic rings. The quantitative estimate of drug-likeness (QED) is 0.365. The van der Waals surface area contributed by atoms with Crippen molar-refractivity contribution in [1.82, 2.24) is 14.3 Å². The Kier molecular flexibility index (Phi) is 6.57. The molecule has 6 heteroatoms. The van der Waals surface area contributed by atoms with Gasteiger partial charge in [-0.2, -0.15) is 0 Å². The molecule has 0 saturated heterocycles. The van der Waals surface area contributed by atoms with Crippen LogP contribution < -0.4 is 4.74 Å². The zero-order chi connectivity index (χ0) is 21.6. The number of fused-ring (bicyclic) bond motifs is 1. The molecule has 1 amide bonds. The number of nitrogens with zero attached hydrogens (tertiary/aromatic N) is 3.